The average Bonchev–Trinajstić information content (AvgIpc) is 2.92. The second-order valence-corrected chi connectivity index (χ2v) is 5.68. The minimum Gasteiger partial charge on any atom is -0.394 e. The van der Waals surface area contributed by atoms with Gasteiger partial charge in [0.25, 0.3) is 0 Å². The van der Waals surface area contributed by atoms with Gasteiger partial charge in [-0.05, 0) is 24.5 Å². The molecule has 0 saturated heterocycles. The Morgan fingerprint density at radius 2 is 2.09 bits per heavy atom. The van der Waals surface area contributed by atoms with E-state index in [4.69, 9.17) is 0 Å². The number of aliphatic hydroxyl groups excluding tert-OH is 1. The van der Waals surface area contributed by atoms with Crippen molar-refractivity contribution in [2.45, 2.75) is 38.4 Å². The van der Waals surface area contributed by atoms with Gasteiger partial charge in [-0.3, -0.25) is 9.48 Å². The van der Waals surface area contributed by atoms with Crippen LogP contribution in [0.4, 0.5) is 0 Å². The Morgan fingerprint density at radius 1 is 1.27 bits per heavy atom. The molecule has 1 aliphatic rings. The van der Waals surface area contributed by atoms with E-state index in [1.165, 1.54) is 0 Å². The quantitative estimate of drug-likeness (QED) is 0.933. The fraction of sp³-hybridized carbons (Fsp3) is 0.412. The Balaban J connectivity index is 1.69. The molecule has 0 bridgehead atoms. The summed E-state index contributed by atoms with van der Waals surface area (Å²) in [6.07, 6.45) is 3.70. The van der Waals surface area contributed by atoms with Crippen LogP contribution in [0.25, 0.3) is 0 Å². The zero-order valence-electron chi connectivity index (χ0n) is 12.6. The Morgan fingerprint density at radius 3 is 2.86 bits per heavy atom. The van der Waals surface area contributed by atoms with Crippen LogP contribution in [0.1, 0.15) is 24.1 Å². The lowest BCUT2D eigenvalue weighted by molar-refractivity contribution is -0.135. The highest BCUT2D eigenvalue weighted by molar-refractivity contribution is 5.76. The summed E-state index contributed by atoms with van der Waals surface area (Å²) >= 11 is 0. The number of benzene rings is 1. The topological polar surface area (TPSA) is 58.4 Å². The number of hydrogen-bond acceptors (Lipinski definition) is 3. The molecule has 0 aliphatic carbocycles. The molecule has 1 atom stereocenters. The molecule has 1 aromatic heterocycles. The van der Waals surface area contributed by atoms with E-state index in [2.05, 4.69) is 5.10 Å². The number of hydrogen-bond donors (Lipinski definition) is 1. The average molecular weight is 299 g/mol. The Labute approximate surface area is 130 Å². The molecule has 2 heterocycles. The summed E-state index contributed by atoms with van der Waals surface area (Å²) in [4.78, 5) is 14.4. The highest BCUT2D eigenvalue weighted by atomic mass is 16.3. The number of carbonyl (C=O) groups is 1. The van der Waals surface area contributed by atoms with Gasteiger partial charge in [-0.15, -0.1) is 0 Å². The minimum absolute atomic E-state index is 0.00190. The van der Waals surface area contributed by atoms with Crippen LogP contribution in [0.2, 0.25) is 0 Å². The third-order valence-corrected chi connectivity index (χ3v) is 4.25. The molecule has 116 valence electrons. The molecular weight excluding hydrogens is 278 g/mol. The molecule has 22 heavy (non-hydrogen) atoms. The van der Waals surface area contributed by atoms with Crippen LogP contribution in [0.3, 0.4) is 0 Å². The van der Waals surface area contributed by atoms with Crippen LogP contribution < -0.4 is 0 Å². The van der Waals surface area contributed by atoms with Gasteiger partial charge in [-0.1, -0.05) is 30.3 Å². The van der Waals surface area contributed by atoms with Gasteiger partial charge in [0.15, 0.2) is 0 Å². The molecule has 3 rings (SSSR count). The Kier molecular flexibility index (Phi) is 4.53. The van der Waals surface area contributed by atoms with Gasteiger partial charge >= 0.3 is 0 Å². The first-order valence-electron chi connectivity index (χ1n) is 7.73. The lowest BCUT2D eigenvalue weighted by atomic mass is 10.1. The Hall–Kier alpha value is -2.14. The van der Waals surface area contributed by atoms with Crippen molar-refractivity contribution in [2.24, 2.45) is 0 Å². The lowest BCUT2D eigenvalue weighted by Crippen LogP contribution is -2.41. The summed E-state index contributed by atoms with van der Waals surface area (Å²) in [7, 11) is 0. The summed E-state index contributed by atoms with van der Waals surface area (Å²) in [5.74, 6) is 0.0950. The zero-order chi connectivity index (χ0) is 15.4. The molecule has 1 amide bonds. The number of aromatic nitrogens is 2. The van der Waals surface area contributed by atoms with Gasteiger partial charge < -0.3 is 10.0 Å². The number of fused-ring (bicyclic) bond motifs is 1. The molecule has 0 fully saturated rings. The fourth-order valence-corrected chi connectivity index (χ4v) is 2.95. The molecule has 5 heteroatoms. The van der Waals surface area contributed by atoms with E-state index >= 15 is 0 Å². The van der Waals surface area contributed by atoms with E-state index in [9.17, 15) is 9.90 Å². The first-order chi connectivity index (χ1) is 10.8. The second-order valence-electron chi connectivity index (χ2n) is 5.68. The maximum atomic E-state index is 12.6. The summed E-state index contributed by atoms with van der Waals surface area (Å²) in [6.45, 7) is 1.27. The lowest BCUT2D eigenvalue weighted by Gasteiger charge is -2.28. The second kappa shape index (κ2) is 6.75. The molecule has 0 spiro atoms. The highest BCUT2D eigenvalue weighted by Gasteiger charge is 2.27. The number of amides is 1. The van der Waals surface area contributed by atoms with Gasteiger partial charge in [0.05, 0.1) is 24.9 Å². The summed E-state index contributed by atoms with van der Waals surface area (Å²) in [5, 5.41) is 13.9. The SMILES string of the molecule is O=C(CCc1ccccc1)N1Cc2ccnn2CCC1CO. The normalized spacial score (nSPS) is 17.9. The van der Waals surface area contributed by atoms with Crippen molar-refractivity contribution in [2.75, 3.05) is 6.61 Å². The maximum Gasteiger partial charge on any atom is 0.223 e. The fourth-order valence-electron chi connectivity index (χ4n) is 2.95. The number of aryl methyl sites for hydroxylation is 2. The summed E-state index contributed by atoms with van der Waals surface area (Å²) < 4.78 is 1.92. The molecular formula is C17H21N3O2. The predicted octanol–water partition coefficient (Wildman–Crippen LogP) is 1.61. The van der Waals surface area contributed by atoms with Crippen molar-refractivity contribution in [3.05, 3.63) is 53.9 Å². The van der Waals surface area contributed by atoms with E-state index in [1.54, 1.807) is 6.20 Å². The molecule has 1 unspecified atom stereocenters. The highest BCUT2D eigenvalue weighted by Crippen LogP contribution is 2.18. The zero-order valence-corrected chi connectivity index (χ0v) is 12.6. The number of nitrogens with zero attached hydrogens (tertiary/aromatic N) is 3. The van der Waals surface area contributed by atoms with E-state index < -0.39 is 0 Å². The van der Waals surface area contributed by atoms with Crippen LogP contribution >= 0.6 is 0 Å². The molecule has 1 aliphatic heterocycles. The molecule has 0 saturated carbocycles. The van der Waals surface area contributed by atoms with Gasteiger partial charge in [0.2, 0.25) is 5.91 Å². The number of aliphatic hydroxyl groups is 1. The standard InChI is InChI=1S/C17H21N3O2/c21-13-16-9-11-20-15(8-10-18-20)12-19(16)17(22)7-6-14-4-2-1-3-5-14/h1-5,8,10,16,21H,6-7,9,11-13H2. The smallest absolute Gasteiger partial charge is 0.223 e. The molecule has 0 radical (unpaired) electrons. The minimum atomic E-state index is -0.120. The summed E-state index contributed by atoms with van der Waals surface area (Å²) in [5.41, 5.74) is 2.19. The summed E-state index contributed by atoms with van der Waals surface area (Å²) in [6, 6.07) is 11.8. The van der Waals surface area contributed by atoms with Gasteiger partial charge in [-0.2, -0.15) is 5.10 Å². The molecule has 1 N–H and O–H groups in total. The van der Waals surface area contributed by atoms with Crippen LogP contribution in [-0.4, -0.2) is 38.3 Å². The van der Waals surface area contributed by atoms with Crippen molar-refractivity contribution in [3.63, 3.8) is 0 Å². The van der Waals surface area contributed by atoms with Crippen LogP contribution in [0.15, 0.2) is 42.6 Å². The van der Waals surface area contributed by atoms with Crippen LogP contribution in [-0.2, 0) is 24.3 Å². The first kappa shape index (κ1) is 14.8. The van der Waals surface area contributed by atoms with Crippen LogP contribution in [0, 0.1) is 0 Å². The first-order valence-corrected chi connectivity index (χ1v) is 7.73. The van der Waals surface area contributed by atoms with E-state index in [0.29, 0.717) is 13.0 Å². The molecule has 5 nitrogen and oxygen atoms in total. The molecule has 1 aromatic carbocycles. The Bertz CT molecular complexity index is 624. The van der Waals surface area contributed by atoms with Crippen molar-refractivity contribution < 1.29 is 9.90 Å². The number of rotatable bonds is 4. The third-order valence-electron chi connectivity index (χ3n) is 4.25. The predicted molar refractivity (Wildman–Crippen MR) is 83.0 cm³/mol. The number of carbonyl (C=O) groups excluding carboxylic acids is 1. The largest absolute Gasteiger partial charge is 0.394 e. The van der Waals surface area contributed by atoms with Crippen molar-refractivity contribution in [1.82, 2.24) is 14.7 Å². The van der Waals surface area contributed by atoms with E-state index in [-0.39, 0.29) is 18.6 Å². The van der Waals surface area contributed by atoms with E-state index in [0.717, 1.165) is 30.6 Å². The van der Waals surface area contributed by atoms with Crippen molar-refractivity contribution in [3.8, 4) is 0 Å². The molecule has 2 aromatic rings. The van der Waals surface area contributed by atoms with Gasteiger partial charge in [0.1, 0.15) is 0 Å². The van der Waals surface area contributed by atoms with E-state index in [1.807, 2.05) is 46.0 Å². The van der Waals surface area contributed by atoms with Crippen molar-refractivity contribution in [1.29, 1.82) is 0 Å². The van der Waals surface area contributed by atoms with Crippen LogP contribution in [0.5, 0.6) is 0 Å². The monoisotopic (exact) mass is 299 g/mol. The van der Waals surface area contributed by atoms with Gasteiger partial charge in [-0.25, -0.2) is 0 Å². The maximum absolute atomic E-state index is 12.6. The van der Waals surface area contributed by atoms with Gasteiger partial charge in [0, 0.05) is 19.2 Å². The third kappa shape index (κ3) is 3.20. The van der Waals surface area contributed by atoms with Crippen molar-refractivity contribution >= 4 is 5.91 Å².